The van der Waals surface area contributed by atoms with Gasteiger partial charge < -0.3 is 34.3 Å². The molecule has 10 unspecified atom stereocenters. The third-order valence-corrected chi connectivity index (χ3v) is 10.2. The number of aliphatic hydroxyl groups is 3. The minimum absolute atomic E-state index is 0.0942. The van der Waals surface area contributed by atoms with Crippen LogP contribution in [0.4, 0.5) is 0 Å². The van der Waals surface area contributed by atoms with E-state index in [9.17, 15) is 34.5 Å². The molecule has 3 aliphatic rings. The van der Waals surface area contributed by atoms with Crippen LogP contribution in [-0.4, -0.2) is 80.4 Å². The summed E-state index contributed by atoms with van der Waals surface area (Å²) in [5, 5.41) is 35.8. The molecule has 1 saturated heterocycles. The molecular weight excluding hydrogens is 584 g/mol. The number of fused-ring (bicyclic) bond motifs is 3. The third-order valence-electron chi connectivity index (χ3n) is 10.2. The molecule has 2 fully saturated rings. The molecule has 0 bridgehead atoms. The molecule has 0 radical (unpaired) electrons. The van der Waals surface area contributed by atoms with Gasteiger partial charge in [0, 0.05) is 18.4 Å². The molecule has 10 atom stereocenters. The Balaban J connectivity index is 2.12. The molecule has 3 N–H and O–H groups in total. The fourth-order valence-corrected chi connectivity index (χ4v) is 6.58. The number of hydrogen-bond acceptors (Lipinski definition) is 11. The number of ether oxygens (including phenoxy) is 4. The summed E-state index contributed by atoms with van der Waals surface area (Å²) in [5.41, 5.74) is -6.22. The van der Waals surface area contributed by atoms with Crippen LogP contribution in [0.3, 0.4) is 0 Å². The van der Waals surface area contributed by atoms with E-state index in [4.69, 9.17) is 18.9 Å². The number of hydrogen-bond donors (Lipinski definition) is 3. The lowest BCUT2D eigenvalue weighted by Gasteiger charge is -2.41. The van der Waals surface area contributed by atoms with Gasteiger partial charge in [0.25, 0.3) is 0 Å². The average Bonchev–Trinajstić information content (AvgIpc) is 3.32. The highest BCUT2D eigenvalue weighted by Gasteiger charge is 2.75. The van der Waals surface area contributed by atoms with Crippen LogP contribution in [0.5, 0.6) is 0 Å². The second-order valence-corrected chi connectivity index (χ2v) is 13.6. The molecule has 1 saturated carbocycles. The van der Waals surface area contributed by atoms with Crippen LogP contribution >= 0.6 is 0 Å². The Kier molecular flexibility index (Phi) is 11.4. The van der Waals surface area contributed by atoms with E-state index in [1.165, 1.54) is 6.92 Å². The predicted octanol–water partition coefficient (Wildman–Crippen LogP) is 3.85. The fraction of sp³-hybridized carbons (Fsp3) is 0.765. The van der Waals surface area contributed by atoms with Gasteiger partial charge in [-0.2, -0.15) is 0 Å². The van der Waals surface area contributed by atoms with E-state index in [-0.39, 0.29) is 17.6 Å². The van der Waals surface area contributed by atoms with Crippen LogP contribution in [0, 0.1) is 17.8 Å². The first-order chi connectivity index (χ1) is 20.9. The van der Waals surface area contributed by atoms with Gasteiger partial charge in [0.15, 0.2) is 29.5 Å². The first-order valence-electron chi connectivity index (χ1n) is 16.2. The van der Waals surface area contributed by atoms with E-state index in [2.05, 4.69) is 13.8 Å². The molecule has 45 heavy (non-hydrogen) atoms. The van der Waals surface area contributed by atoms with Crippen molar-refractivity contribution in [3.63, 3.8) is 0 Å². The molecule has 1 heterocycles. The van der Waals surface area contributed by atoms with Crippen molar-refractivity contribution in [1.82, 2.24) is 0 Å². The topological polar surface area (TPSA) is 166 Å². The van der Waals surface area contributed by atoms with Crippen molar-refractivity contribution in [3.8, 4) is 0 Å². The van der Waals surface area contributed by atoms with Gasteiger partial charge in [-0.25, -0.2) is 9.59 Å². The third kappa shape index (κ3) is 6.86. The molecule has 0 amide bonds. The lowest BCUT2D eigenvalue weighted by Crippen LogP contribution is -2.64. The molecule has 1 aliphatic heterocycles. The normalized spacial score (nSPS) is 36.0. The van der Waals surface area contributed by atoms with Crippen molar-refractivity contribution in [2.45, 2.75) is 148 Å². The Bertz CT molecular complexity index is 1210. The quantitative estimate of drug-likeness (QED) is 0.0936. The second-order valence-electron chi connectivity index (χ2n) is 13.6. The van der Waals surface area contributed by atoms with E-state index in [1.54, 1.807) is 40.7 Å². The van der Waals surface area contributed by atoms with Gasteiger partial charge in [-0.3, -0.25) is 9.59 Å². The lowest BCUT2D eigenvalue weighted by atomic mass is 9.75. The first-order valence-corrected chi connectivity index (χ1v) is 16.2. The van der Waals surface area contributed by atoms with Gasteiger partial charge in [-0.05, 0) is 64.5 Å². The summed E-state index contributed by atoms with van der Waals surface area (Å²) in [6.45, 7) is 15.0. The molecular formula is C34H52O11. The zero-order valence-corrected chi connectivity index (χ0v) is 28.2. The predicted molar refractivity (Wildman–Crippen MR) is 163 cm³/mol. The summed E-state index contributed by atoms with van der Waals surface area (Å²) >= 11 is 0. The van der Waals surface area contributed by atoms with E-state index in [0.717, 1.165) is 26.2 Å². The van der Waals surface area contributed by atoms with Crippen LogP contribution in [0.15, 0.2) is 22.8 Å². The van der Waals surface area contributed by atoms with Crippen molar-refractivity contribution in [3.05, 3.63) is 22.8 Å². The molecule has 0 spiro atoms. The summed E-state index contributed by atoms with van der Waals surface area (Å²) in [6, 6.07) is 0. The Labute approximate surface area is 266 Å². The van der Waals surface area contributed by atoms with Crippen molar-refractivity contribution in [1.29, 1.82) is 0 Å². The van der Waals surface area contributed by atoms with Crippen LogP contribution in [0.2, 0.25) is 0 Å². The van der Waals surface area contributed by atoms with E-state index >= 15 is 0 Å². The summed E-state index contributed by atoms with van der Waals surface area (Å²) in [6.07, 6.45) is -0.631. The van der Waals surface area contributed by atoms with Crippen LogP contribution < -0.4 is 0 Å². The first kappa shape index (κ1) is 36.7. The molecule has 0 aromatic heterocycles. The summed E-state index contributed by atoms with van der Waals surface area (Å²) < 4.78 is 23.2. The highest BCUT2D eigenvalue weighted by Crippen LogP contribution is 2.56. The van der Waals surface area contributed by atoms with E-state index < -0.39 is 83.4 Å². The van der Waals surface area contributed by atoms with Gasteiger partial charge in [-0.15, -0.1) is 0 Å². The number of carbonyl (C=O) groups excluding carboxylic acids is 4. The minimum atomic E-state index is -2.55. The Morgan fingerprint density at radius 2 is 1.69 bits per heavy atom. The second kappa shape index (κ2) is 13.9. The van der Waals surface area contributed by atoms with Gasteiger partial charge in [-0.1, -0.05) is 53.0 Å². The molecule has 2 aliphatic carbocycles. The number of allylic oxidation sites excluding steroid dienone is 1. The monoisotopic (exact) mass is 636 g/mol. The number of esters is 4. The highest BCUT2D eigenvalue weighted by molar-refractivity contribution is 5.88. The van der Waals surface area contributed by atoms with Crippen molar-refractivity contribution >= 4 is 23.9 Å². The van der Waals surface area contributed by atoms with Gasteiger partial charge in [0.05, 0.1) is 17.4 Å². The number of unbranched alkanes of at least 4 members (excludes halogenated alkanes) is 1. The zero-order chi connectivity index (χ0) is 34.1. The molecule has 0 aromatic carbocycles. The Morgan fingerprint density at radius 3 is 2.27 bits per heavy atom. The summed E-state index contributed by atoms with van der Waals surface area (Å²) in [4.78, 5) is 52.3. The Morgan fingerprint density at radius 1 is 1.04 bits per heavy atom. The SMILES string of the molecule is C/C=C(/C)C(=O)OC1C(C)=C2C(C1OC(=O)CCCCC(C)CC)C(C)(O)CC(OC(=O)C(C)CC)C1(O)C2OC(=O)C1(C)O. The molecule has 3 rings (SSSR count). The maximum absolute atomic E-state index is 13.3. The van der Waals surface area contributed by atoms with Gasteiger partial charge >= 0.3 is 23.9 Å². The maximum Gasteiger partial charge on any atom is 0.341 e. The maximum atomic E-state index is 13.3. The van der Waals surface area contributed by atoms with Crippen molar-refractivity contribution in [2.24, 2.45) is 17.8 Å². The number of carbonyl (C=O) groups is 4. The standard InChI is InChI=1S/C34H52O11/c1-10-18(4)15-13-14-16-23(35)43-27-25-24(21(7)26(27)44-30(37)20(6)12-3)28-34(41,33(9,40)31(38)45-28)22(17-32(25,8)39)42-29(36)19(5)11-2/h12,18-19,22,25-28,39-41H,10-11,13-17H2,1-9H3/b20-12-. The zero-order valence-electron chi connectivity index (χ0n) is 28.2. The minimum Gasteiger partial charge on any atom is -0.459 e. The molecule has 11 heteroatoms. The van der Waals surface area contributed by atoms with E-state index in [1.807, 2.05) is 0 Å². The summed E-state index contributed by atoms with van der Waals surface area (Å²) in [7, 11) is 0. The summed E-state index contributed by atoms with van der Waals surface area (Å²) in [5.74, 6) is -4.29. The Hall–Kier alpha value is -2.76. The van der Waals surface area contributed by atoms with Crippen molar-refractivity contribution in [2.75, 3.05) is 0 Å². The fourth-order valence-electron chi connectivity index (χ4n) is 6.58. The van der Waals surface area contributed by atoms with Crippen LogP contribution in [0.1, 0.15) is 107 Å². The van der Waals surface area contributed by atoms with Gasteiger partial charge in [0.2, 0.25) is 0 Å². The van der Waals surface area contributed by atoms with Crippen LogP contribution in [-0.2, 0) is 38.1 Å². The average molecular weight is 637 g/mol. The smallest absolute Gasteiger partial charge is 0.341 e. The van der Waals surface area contributed by atoms with Gasteiger partial charge in [0.1, 0.15) is 6.10 Å². The largest absolute Gasteiger partial charge is 0.459 e. The highest BCUT2D eigenvalue weighted by atomic mass is 16.6. The molecule has 0 aromatic rings. The lowest BCUT2D eigenvalue weighted by molar-refractivity contribution is -0.210. The number of rotatable bonds is 12. The molecule has 11 nitrogen and oxygen atoms in total. The van der Waals surface area contributed by atoms with Crippen LogP contribution in [0.25, 0.3) is 0 Å². The van der Waals surface area contributed by atoms with Crippen molar-refractivity contribution < 1.29 is 53.4 Å². The van der Waals surface area contributed by atoms with E-state index in [0.29, 0.717) is 24.3 Å². The molecule has 254 valence electrons.